The van der Waals surface area contributed by atoms with Crippen molar-refractivity contribution in [3.8, 4) is 0 Å². The summed E-state index contributed by atoms with van der Waals surface area (Å²) in [5.41, 5.74) is 0. The number of tetrazole rings is 1. The largest absolute Gasteiger partial charge is 0.338 e. The van der Waals surface area contributed by atoms with E-state index >= 15 is 0 Å². The van der Waals surface area contributed by atoms with Crippen molar-refractivity contribution in [2.24, 2.45) is 0 Å². The van der Waals surface area contributed by atoms with E-state index in [4.69, 9.17) is 4.52 Å². The molecule has 3 rings (SSSR count). The summed E-state index contributed by atoms with van der Waals surface area (Å²) in [5.74, 6) is 1.21. The second-order valence-corrected chi connectivity index (χ2v) is 6.48. The summed E-state index contributed by atoms with van der Waals surface area (Å²) in [5, 5.41) is 18.4. The van der Waals surface area contributed by atoms with E-state index < -0.39 is 0 Å². The SMILES string of the molecule is Cc1noc(C(C)Sc2nnnn2Cc2cccs2)n1. The Kier molecular flexibility index (Phi) is 3.79. The number of hydrogen-bond donors (Lipinski definition) is 0. The first-order valence-corrected chi connectivity index (χ1v) is 7.73. The van der Waals surface area contributed by atoms with Gasteiger partial charge < -0.3 is 4.52 Å². The van der Waals surface area contributed by atoms with Crippen LogP contribution in [0.4, 0.5) is 0 Å². The second-order valence-electron chi connectivity index (χ2n) is 4.14. The Hall–Kier alpha value is -1.74. The molecule has 0 fully saturated rings. The summed E-state index contributed by atoms with van der Waals surface area (Å²) in [4.78, 5) is 5.43. The Morgan fingerprint density at radius 1 is 1.50 bits per heavy atom. The number of thiophene rings is 1. The van der Waals surface area contributed by atoms with Crippen molar-refractivity contribution < 1.29 is 4.52 Å². The summed E-state index contributed by atoms with van der Waals surface area (Å²) < 4.78 is 6.94. The van der Waals surface area contributed by atoms with E-state index in [1.165, 1.54) is 16.6 Å². The number of aryl methyl sites for hydroxylation is 1. The van der Waals surface area contributed by atoms with Crippen LogP contribution >= 0.6 is 23.1 Å². The molecule has 0 radical (unpaired) electrons. The smallest absolute Gasteiger partial charge is 0.239 e. The molecule has 104 valence electrons. The van der Waals surface area contributed by atoms with Gasteiger partial charge in [0.05, 0.1) is 11.8 Å². The lowest BCUT2D eigenvalue weighted by atomic mass is 10.5. The van der Waals surface area contributed by atoms with Crippen LogP contribution in [0.1, 0.15) is 28.8 Å². The van der Waals surface area contributed by atoms with Gasteiger partial charge in [-0.1, -0.05) is 23.0 Å². The van der Waals surface area contributed by atoms with Gasteiger partial charge in [0.1, 0.15) is 0 Å². The minimum atomic E-state index is 0.00397. The van der Waals surface area contributed by atoms with Gasteiger partial charge in [-0.3, -0.25) is 0 Å². The molecule has 20 heavy (non-hydrogen) atoms. The van der Waals surface area contributed by atoms with Gasteiger partial charge in [0.15, 0.2) is 5.82 Å². The highest BCUT2D eigenvalue weighted by Gasteiger charge is 2.18. The van der Waals surface area contributed by atoms with E-state index in [1.807, 2.05) is 18.4 Å². The lowest BCUT2D eigenvalue weighted by Crippen LogP contribution is -2.03. The number of rotatable bonds is 5. The van der Waals surface area contributed by atoms with Crippen molar-refractivity contribution in [2.75, 3.05) is 0 Å². The van der Waals surface area contributed by atoms with Gasteiger partial charge in [0.25, 0.3) is 0 Å². The molecule has 0 saturated carbocycles. The topological polar surface area (TPSA) is 82.5 Å². The molecule has 9 heteroatoms. The van der Waals surface area contributed by atoms with Gasteiger partial charge in [0, 0.05) is 4.88 Å². The number of thioether (sulfide) groups is 1. The zero-order valence-corrected chi connectivity index (χ0v) is 12.6. The maximum Gasteiger partial charge on any atom is 0.239 e. The van der Waals surface area contributed by atoms with Crippen molar-refractivity contribution >= 4 is 23.1 Å². The third-order valence-electron chi connectivity index (χ3n) is 2.56. The molecule has 0 saturated heterocycles. The van der Waals surface area contributed by atoms with Crippen LogP contribution in [0.3, 0.4) is 0 Å². The van der Waals surface area contributed by atoms with Crippen molar-refractivity contribution in [3.05, 3.63) is 34.1 Å². The number of aromatic nitrogens is 6. The first-order chi connectivity index (χ1) is 9.72. The molecular formula is C11H12N6OS2. The van der Waals surface area contributed by atoms with Crippen LogP contribution in [0.2, 0.25) is 0 Å². The Labute approximate surface area is 123 Å². The maximum atomic E-state index is 5.16. The van der Waals surface area contributed by atoms with Crippen LogP contribution in [0.5, 0.6) is 0 Å². The lowest BCUT2D eigenvalue weighted by Gasteiger charge is -2.06. The first-order valence-electron chi connectivity index (χ1n) is 5.98. The van der Waals surface area contributed by atoms with E-state index in [0.29, 0.717) is 18.3 Å². The van der Waals surface area contributed by atoms with E-state index in [1.54, 1.807) is 22.9 Å². The molecule has 1 unspecified atom stereocenters. The molecule has 0 aromatic carbocycles. The van der Waals surface area contributed by atoms with Crippen LogP contribution in [0, 0.1) is 6.92 Å². The summed E-state index contributed by atoms with van der Waals surface area (Å²) >= 11 is 3.18. The van der Waals surface area contributed by atoms with Gasteiger partial charge in [-0.05, 0) is 35.7 Å². The van der Waals surface area contributed by atoms with Crippen LogP contribution in [-0.4, -0.2) is 30.3 Å². The molecule has 0 N–H and O–H groups in total. The molecule has 3 aromatic rings. The highest BCUT2D eigenvalue weighted by atomic mass is 32.2. The Morgan fingerprint density at radius 3 is 3.10 bits per heavy atom. The average Bonchev–Trinajstić information content (AvgIpc) is 3.13. The molecule has 0 amide bonds. The summed E-state index contributed by atoms with van der Waals surface area (Å²) in [7, 11) is 0. The molecule has 3 aromatic heterocycles. The van der Waals surface area contributed by atoms with Crippen LogP contribution in [0.25, 0.3) is 0 Å². The molecule has 3 heterocycles. The Balaban J connectivity index is 1.73. The normalized spacial score (nSPS) is 12.7. The van der Waals surface area contributed by atoms with E-state index in [9.17, 15) is 0 Å². The van der Waals surface area contributed by atoms with Crippen LogP contribution in [-0.2, 0) is 6.54 Å². The molecule has 0 aliphatic rings. The summed E-state index contributed by atoms with van der Waals surface area (Å²) in [6.07, 6.45) is 0. The van der Waals surface area contributed by atoms with Gasteiger partial charge in [-0.25, -0.2) is 4.68 Å². The summed E-state index contributed by atoms with van der Waals surface area (Å²) in [6.45, 7) is 4.45. The van der Waals surface area contributed by atoms with Gasteiger partial charge >= 0.3 is 0 Å². The van der Waals surface area contributed by atoms with Crippen molar-refractivity contribution in [2.45, 2.75) is 30.8 Å². The molecule has 7 nitrogen and oxygen atoms in total. The molecule has 0 spiro atoms. The minimum absolute atomic E-state index is 0.00397. The van der Waals surface area contributed by atoms with E-state index in [-0.39, 0.29) is 5.25 Å². The van der Waals surface area contributed by atoms with Crippen molar-refractivity contribution in [1.29, 1.82) is 0 Å². The van der Waals surface area contributed by atoms with Gasteiger partial charge in [-0.2, -0.15) is 4.98 Å². The molecule has 1 atom stereocenters. The number of hydrogen-bond acceptors (Lipinski definition) is 8. The third-order valence-corrected chi connectivity index (χ3v) is 4.48. The monoisotopic (exact) mass is 308 g/mol. The average molecular weight is 308 g/mol. The number of nitrogens with zero attached hydrogens (tertiary/aromatic N) is 6. The quantitative estimate of drug-likeness (QED) is 0.669. The van der Waals surface area contributed by atoms with Crippen LogP contribution in [0.15, 0.2) is 27.2 Å². The highest BCUT2D eigenvalue weighted by molar-refractivity contribution is 7.99. The summed E-state index contributed by atoms with van der Waals surface area (Å²) in [6, 6.07) is 4.08. The zero-order valence-electron chi connectivity index (χ0n) is 10.9. The van der Waals surface area contributed by atoms with E-state index in [2.05, 4.69) is 31.7 Å². The van der Waals surface area contributed by atoms with Gasteiger partial charge in [-0.15, -0.1) is 16.4 Å². The van der Waals surface area contributed by atoms with E-state index in [0.717, 1.165) is 5.16 Å². The fourth-order valence-corrected chi connectivity index (χ4v) is 3.12. The highest BCUT2D eigenvalue weighted by Crippen LogP contribution is 2.32. The standard InChI is InChI=1S/C11H12N6OS2/c1-7(10-12-8(2)14-18-10)20-11-13-15-16-17(11)6-9-4-3-5-19-9/h3-5,7H,6H2,1-2H3. The molecule has 0 bridgehead atoms. The molecule has 0 aliphatic heterocycles. The van der Waals surface area contributed by atoms with Crippen molar-refractivity contribution in [1.82, 2.24) is 30.3 Å². The maximum absolute atomic E-state index is 5.16. The molecular weight excluding hydrogens is 296 g/mol. The predicted molar refractivity (Wildman–Crippen MR) is 74.5 cm³/mol. The second kappa shape index (κ2) is 5.71. The Bertz CT molecular complexity index is 677. The van der Waals surface area contributed by atoms with Crippen molar-refractivity contribution in [3.63, 3.8) is 0 Å². The predicted octanol–water partition coefficient (Wildman–Crippen LogP) is 2.33. The fourth-order valence-electron chi connectivity index (χ4n) is 1.62. The zero-order chi connectivity index (χ0) is 13.9. The van der Waals surface area contributed by atoms with Crippen LogP contribution < -0.4 is 0 Å². The third kappa shape index (κ3) is 2.88. The minimum Gasteiger partial charge on any atom is -0.338 e. The Morgan fingerprint density at radius 2 is 2.40 bits per heavy atom. The van der Waals surface area contributed by atoms with Gasteiger partial charge in [0.2, 0.25) is 11.0 Å². The molecule has 0 aliphatic carbocycles. The first kappa shape index (κ1) is 13.3. The fraction of sp³-hybridized carbons (Fsp3) is 0.364. The lowest BCUT2D eigenvalue weighted by molar-refractivity contribution is 0.376.